The summed E-state index contributed by atoms with van der Waals surface area (Å²) in [5.74, 6) is 0.188. The highest BCUT2D eigenvalue weighted by atomic mass is 16.6. The lowest BCUT2D eigenvalue weighted by Crippen LogP contribution is -2.33. The molecule has 0 radical (unpaired) electrons. The third-order valence-electron chi connectivity index (χ3n) is 2.83. The molecule has 3 atom stereocenters. The van der Waals surface area contributed by atoms with Crippen LogP contribution < -0.4 is 16.0 Å². The molecule has 0 amide bonds. The average molecular weight is 226 g/mol. The van der Waals surface area contributed by atoms with Crippen LogP contribution in [0.25, 0.3) is 0 Å². The normalized spacial score (nSPS) is 31.7. The summed E-state index contributed by atoms with van der Waals surface area (Å²) in [4.78, 5) is 24.8. The van der Waals surface area contributed by atoms with E-state index >= 15 is 0 Å². The Morgan fingerprint density at radius 2 is 2.31 bits per heavy atom. The van der Waals surface area contributed by atoms with Crippen LogP contribution in [-0.2, 0) is 4.74 Å². The number of fused-ring (bicyclic) bond motifs is 4. The Kier molecular flexibility index (Phi) is 1.92. The van der Waals surface area contributed by atoms with Gasteiger partial charge >= 0.3 is 5.69 Å². The number of aromatic amines is 1. The lowest BCUT2D eigenvalue weighted by Gasteiger charge is -2.16. The van der Waals surface area contributed by atoms with Crippen LogP contribution in [0.15, 0.2) is 15.7 Å². The van der Waals surface area contributed by atoms with Gasteiger partial charge in [-0.25, -0.2) is 9.36 Å². The Hall–Kier alpha value is -1.60. The fourth-order valence-electron chi connectivity index (χ4n) is 2.06. The second-order valence-corrected chi connectivity index (χ2v) is 3.89. The summed E-state index contributed by atoms with van der Waals surface area (Å²) < 4.78 is 11.9. The van der Waals surface area contributed by atoms with Crippen molar-refractivity contribution in [2.75, 3.05) is 6.61 Å². The zero-order valence-electron chi connectivity index (χ0n) is 8.25. The summed E-state index contributed by atoms with van der Waals surface area (Å²) in [6, 6.07) is 1.21. The van der Waals surface area contributed by atoms with Crippen molar-refractivity contribution in [1.29, 1.82) is 0 Å². The van der Waals surface area contributed by atoms with E-state index in [2.05, 4.69) is 4.98 Å². The molecule has 1 saturated heterocycles. The zero-order valence-corrected chi connectivity index (χ0v) is 8.25. The minimum atomic E-state index is -0.642. The van der Waals surface area contributed by atoms with Crippen LogP contribution in [0.1, 0.15) is 12.6 Å². The van der Waals surface area contributed by atoms with E-state index in [-0.39, 0.29) is 12.5 Å². The monoisotopic (exact) mass is 226 g/mol. The second-order valence-electron chi connectivity index (χ2n) is 3.89. The smallest absolute Gasteiger partial charge is 0.333 e. The van der Waals surface area contributed by atoms with Crippen LogP contribution in [0.2, 0.25) is 0 Å². The fourth-order valence-corrected chi connectivity index (χ4v) is 2.06. The number of rotatable bonds is 0. The number of nitrogens with one attached hydrogen (secondary N) is 1. The van der Waals surface area contributed by atoms with Crippen LogP contribution in [0, 0.1) is 0 Å². The molecule has 1 fully saturated rings. The molecule has 7 nitrogen and oxygen atoms in total. The van der Waals surface area contributed by atoms with Gasteiger partial charge in [-0.3, -0.25) is 9.78 Å². The van der Waals surface area contributed by atoms with Gasteiger partial charge in [-0.2, -0.15) is 0 Å². The molecular formula is C9H10N2O5. The van der Waals surface area contributed by atoms with Gasteiger partial charge in [-0.1, -0.05) is 0 Å². The molecule has 2 aliphatic rings. The number of H-pyrrole nitrogens is 1. The molecule has 0 unspecified atom stereocenters. The van der Waals surface area contributed by atoms with Gasteiger partial charge in [0, 0.05) is 6.42 Å². The van der Waals surface area contributed by atoms with Crippen molar-refractivity contribution in [3.05, 3.63) is 26.9 Å². The third kappa shape index (κ3) is 1.29. The molecule has 1 aromatic rings. The van der Waals surface area contributed by atoms with Crippen LogP contribution in [0.5, 0.6) is 5.88 Å². The van der Waals surface area contributed by atoms with Gasteiger partial charge in [0.05, 0.1) is 12.2 Å². The highest BCUT2D eigenvalue weighted by Gasteiger charge is 2.39. The summed E-state index contributed by atoms with van der Waals surface area (Å²) in [5, 5.41) is 9.60. The number of hydrogen-bond donors (Lipinski definition) is 2. The van der Waals surface area contributed by atoms with Gasteiger partial charge in [0.15, 0.2) is 0 Å². The van der Waals surface area contributed by atoms with E-state index < -0.39 is 29.7 Å². The maximum absolute atomic E-state index is 11.6. The minimum absolute atomic E-state index is 0.139. The summed E-state index contributed by atoms with van der Waals surface area (Å²) in [7, 11) is 0. The Labute approximate surface area is 89.2 Å². The van der Waals surface area contributed by atoms with Gasteiger partial charge in [-0.15, -0.1) is 0 Å². The molecule has 86 valence electrons. The van der Waals surface area contributed by atoms with Crippen LogP contribution >= 0.6 is 0 Å². The van der Waals surface area contributed by atoms with Gasteiger partial charge in [0.2, 0.25) is 5.88 Å². The van der Waals surface area contributed by atoms with Crippen molar-refractivity contribution >= 4 is 0 Å². The maximum Gasteiger partial charge on any atom is 0.333 e. The number of nitrogens with zero attached hydrogens (tertiary/aromatic N) is 1. The van der Waals surface area contributed by atoms with Gasteiger partial charge in [-0.05, 0) is 0 Å². The second kappa shape index (κ2) is 3.19. The number of aliphatic hydroxyl groups is 1. The topological polar surface area (TPSA) is 93.6 Å². The van der Waals surface area contributed by atoms with E-state index in [0.29, 0.717) is 6.42 Å². The molecule has 0 aromatic carbocycles. The lowest BCUT2D eigenvalue weighted by molar-refractivity contribution is -0.0214. The van der Waals surface area contributed by atoms with Crippen molar-refractivity contribution in [3.8, 4) is 5.88 Å². The highest BCUT2D eigenvalue weighted by molar-refractivity contribution is 5.11. The van der Waals surface area contributed by atoms with Crippen LogP contribution in [0.4, 0.5) is 0 Å². The summed E-state index contributed by atoms with van der Waals surface area (Å²) in [5.41, 5.74) is -1.09. The highest BCUT2D eigenvalue weighted by Crippen LogP contribution is 2.32. The molecule has 2 aliphatic heterocycles. The Morgan fingerprint density at radius 1 is 1.50 bits per heavy atom. The molecular weight excluding hydrogens is 216 g/mol. The van der Waals surface area contributed by atoms with Crippen LogP contribution in [-0.4, -0.2) is 33.5 Å². The first-order chi connectivity index (χ1) is 7.65. The van der Waals surface area contributed by atoms with Crippen molar-refractivity contribution in [2.45, 2.75) is 24.9 Å². The van der Waals surface area contributed by atoms with E-state index in [9.17, 15) is 14.7 Å². The molecule has 3 heterocycles. The van der Waals surface area contributed by atoms with E-state index in [1.807, 2.05) is 0 Å². The van der Waals surface area contributed by atoms with Gasteiger partial charge in [0.25, 0.3) is 5.56 Å². The van der Waals surface area contributed by atoms with E-state index in [0.717, 1.165) is 0 Å². The number of aliphatic hydroxyl groups excluding tert-OH is 1. The predicted octanol–water partition coefficient (Wildman–Crippen LogP) is -1.42. The maximum atomic E-state index is 11.6. The van der Waals surface area contributed by atoms with Crippen molar-refractivity contribution in [1.82, 2.24) is 9.55 Å². The van der Waals surface area contributed by atoms with Crippen LogP contribution in [0.3, 0.4) is 0 Å². The molecule has 1 aromatic heterocycles. The first-order valence-electron chi connectivity index (χ1n) is 4.97. The molecule has 7 heteroatoms. The number of ether oxygens (including phenoxy) is 2. The van der Waals surface area contributed by atoms with Gasteiger partial charge < -0.3 is 14.6 Å². The standard InChI is InChI=1S/C9H10N2O5/c12-4-1-8-11-7(15-3-5(4)16-8)2-6(13)10-9(11)14/h2,4-5,8,12H,1,3H2,(H,10,13,14)/t4-,5+,8+/m0/s1. The number of hydrogen-bond acceptors (Lipinski definition) is 5. The number of aromatic nitrogens is 2. The molecule has 3 rings (SSSR count). The quantitative estimate of drug-likeness (QED) is 0.566. The van der Waals surface area contributed by atoms with E-state index in [1.54, 1.807) is 0 Å². The minimum Gasteiger partial charge on any atom is -0.476 e. The SMILES string of the molecule is O=c1cc2n(c(=O)[nH]1)[C@H]1C[C@H](O)[C@@H](CO2)O1. The molecule has 0 aliphatic carbocycles. The molecule has 0 spiro atoms. The van der Waals surface area contributed by atoms with Crippen molar-refractivity contribution < 1.29 is 14.6 Å². The Bertz CT molecular complexity index is 533. The van der Waals surface area contributed by atoms with Crippen molar-refractivity contribution in [2.24, 2.45) is 0 Å². The van der Waals surface area contributed by atoms with Crippen molar-refractivity contribution in [3.63, 3.8) is 0 Å². The van der Waals surface area contributed by atoms with Gasteiger partial charge in [0.1, 0.15) is 18.9 Å². The lowest BCUT2D eigenvalue weighted by atomic mass is 10.2. The molecule has 2 bridgehead atoms. The largest absolute Gasteiger partial charge is 0.476 e. The van der Waals surface area contributed by atoms with E-state index in [1.165, 1.54) is 10.6 Å². The first kappa shape index (κ1) is 9.61. The molecule has 0 saturated carbocycles. The summed E-state index contributed by atoms with van der Waals surface area (Å²) >= 11 is 0. The first-order valence-corrected chi connectivity index (χ1v) is 4.97. The Morgan fingerprint density at radius 3 is 3.12 bits per heavy atom. The summed E-state index contributed by atoms with van der Waals surface area (Å²) in [6.45, 7) is 0.139. The van der Waals surface area contributed by atoms with E-state index in [4.69, 9.17) is 9.47 Å². The zero-order chi connectivity index (χ0) is 11.3. The summed E-state index contributed by atoms with van der Waals surface area (Å²) in [6.07, 6.45) is -1.33. The predicted molar refractivity (Wildman–Crippen MR) is 51.4 cm³/mol. The molecule has 16 heavy (non-hydrogen) atoms. The average Bonchev–Trinajstić information content (AvgIpc) is 2.43. The third-order valence-corrected chi connectivity index (χ3v) is 2.83. The Balaban J connectivity index is 2.17. The molecule has 2 N–H and O–H groups in total. The fraction of sp³-hybridized carbons (Fsp3) is 0.556.